The molecule has 0 radical (unpaired) electrons. The SMILES string of the molecule is COC(=O)C(COc1cccc(C(F)(F)F)c1)C(C)C. The van der Waals surface area contributed by atoms with Crippen molar-refractivity contribution in [2.75, 3.05) is 13.7 Å². The van der Waals surface area contributed by atoms with Crippen molar-refractivity contribution >= 4 is 5.97 Å². The zero-order valence-electron chi connectivity index (χ0n) is 11.5. The van der Waals surface area contributed by atoms with Crippen molar-refractivity contribution in [3.8, 4) is 5.75 Å². The van der Waals surface area contributed by atoms with Gasteiger partial charge in [-0.15, -0.1) is 0 Å². The van der Waals surface area contributed by atoms with E-state index < -0.39 is 23.6 Å². The molecule has 0 aliphatic carbocycles. The predicted octanol–water partition coefficient (Wildman–Crippen LogP) is 3.53. The van der Waals surface area contributed by atoms with Crippen LogP contribution in [0.4, 0.5) is 13.2 Å². The largest absolute Gasteiger partial charge is 0.493 e. The van der Waals surface area contributed by atoms with Crippen LogP contribution in [0, 0.1) is 11.8 Å². The highest BCUT2D eigenvalue weighted by Crippen LogP contribution is 2.31. The van der Waals surface area contributed by atoms with Gasteiger partial charge in [0, 0.05) is 0 Å². The van der Waals surface area contributed by atoms with Gasteiger partial charge in [-0.05, 0) is 24.1 Å². The maximum Gasteiger partial charge on any atom is 0.416 e. The van der Waals surface area contributed by atoms with E-state index >= 15 is 0 Å². The molecule has 0 fully saturated rings. The molecule has 0 N–H and O–H groups in total. The molecule has 0 saturated carbocycles. The number of alkyl halides is 3. The van der Waals surface area contributed by atoms with Gasteiger partial charge in [-0.1, -0.05) is 19.9 Å². The van der Waals surface area contributed by atoms with Gasteiger partial charge in [0.2, 0.25) is 0 Å². The normalized spacial score (nSPS) is 13.2. The molecule has 20 heavy (non-hydrogen) atoms. The number of carbonyl (C=O) groups is 1. The molecule has 1 atom stereocenters. The highest BCUT2D eigenvalue weighted by molar-refractivity contribution is 5.72. The minimum Gasteiger partial charge on any atom is -0.493 e. The van der Waals surface area contributed by atoms with Crippen LogP contribution < -0.4 is 4.74 Å². The Hall–Kier alpha value is -1.72. The van der Waals surface area contributed by atoms with Gasteiger partial charge in [-0.25, -0.2) is 0 Å². The Bertz CT molecular complexity index is 455. The molecule has 0 aliphatic heterocycles. The molecule has 0 aliphatic rings. The van der Waals surface area contributed by atoms with Gasteiger partial charge >= 0.3 is 12.1 Å². The van der Waals surface area contributed by atoms with Gasteiger partial charge in [0.1, 0.15) is 12.4 Å². The van der Waals surface area contributed by atoms with Crippen molar-refractivity contribution in [1.29, 1.82) is 0 Å². The molecule has 3 nitrogen and oxygen atoms in total. The highest BCUT2D eigenvalue weighted by Gasteiger charge is 2.31. The standard InChI is InChI=1S/C14H17F3O3/c1-9(2)12(13(18)19-3)8-20-11-6-4-5-10(7-11)14(15,16)17/h4-7,9,12H,8H2,1-3H3. The van der Waals surface area contributed by atoms with Gasteiger partial charge in [0.25, 0.3) is 0 Å². The van der Waals surface area contributed by atoms with Gasteiger partial charge in [-0.3, -0.25) is 4.79 Å². The summed E-state index contributed by atoms with van der Waals surface area (Å²) in [5.41, 5.74) is -0.783. The molecule has 112 valence electrons. The maximum atomic E-state index is 12.5. The molecule has 6 heteroatoms. The van der Waals surface area contributed by atoms with Crippen LogP contribution in [0.2, 0.25) is 0 Å². The van der Waals surface area contributed by atoms with Gasteiger partial charge < -0.3 is 9.47 Å². The lowest BCUT2D eigenvalue weighted by molar-refractivity contribution is -0.148. The molecule has 0 saturated heterocycles. The van der Waals surface area contributed by atoms with Crippen LogP contribution >= 0.6 is 0 Å². The fourth-order valence-electron chi connectivity index (χ4n) is 1.63. The molecule has 1 unspecified atom stereocenters. The summed E-state index contributed by atoms with van der Waals surface area (Å²) < 4.78 is 47.6. The van der Waals surface area contributed by atoms with Crippen molar-refractivity contribution in [3.05, 3.63) is 29.8 Å². The zero-order chi connectivity index (χ0) is 15.3. The van der Waals surface area contributed by atoms with E-state index in [4.69, 9.17) is 4.74 Å². The average molecular weight is 290 g/mol. The fraction of sp³-hybridized carbons (Fsp3) is 0.500. The van der Waals surface area contributed by atoms with E-state index in [1.54, 1.807) is 0 Å². The summed E-state index contributed by atoms with van der Waals surface area (Å²) in [6.45, 7) is 3.61. The van der Waals surface area contributed by atoms with Crippen molar-refractivity contribution in [1.82, 2.24) is 0 Å². The van der Waals surface area contributed by atoms with Crippen LogP contribution in [-0.4, -0.2) is 19.7 Å². The number of esters is 1. The predicted molar refractivity (Wildman–Crippen MR) is 67.3 cm³/mol. The van der Waals surface area contributed by atoms with E-state index in [2.05, 4.69) is 4.74 Å². The lowest BCUT2D eigenvalue weighted by Gasteiger charge is -2.19. The molecule has 0 bridgehead atoms. The molecule has 1 aromatic carbocycles. The summed E-state index contributed by atoms with van der Waals surface area (Å²) in [5.74, 6) is -0.913. The Kier molecular flexibility index (Phi) is 5.42. The first-order chi connectivity index (χ1) is 9.25. The topological polar surface area (TPSA) is 35.5 Å². The molecule has 1 rings (SSSR count). The molecular formula is C14H17F3O3. The molecular weight excluding hydrogens is 273 g/mol. The number of benzene rings is 1. The van der Waals surface area contributed by atoms with E-state index in [9.17, 15) is 18.0 Å². The number of ether oxygens (including phenoxy) is 2. The Morgan fingerprint density at radius 2 is 1.95 bits per heavy atom. The Labute approximate surface area is 115 Å². The van der Waals surface area contributed by atoms with Crippen LogP contribution in [0.15, 0.2) is 24.3 Å². The lowest BCUT2D eigenvalue weighted by atomic mass is 9.97. The van der Waals surface area contributed by atoms with E-state index in [1.165, 1.54) is 19.2 Å². The number of carbonyl (C=O) groups excluding carboxylic acids is 1. The van der Waals surface area contributed by atoms with E-state index in [-0.39, 0.29) is 18.3 Å². The Morgan fingerprint density at radius 1 is 1.30 bits per heavy atom. The van der Waals surface area contributed by atoms with Gasteiger partial charge in [-0.2, -0.15) is 13.2 Å². The number of rotatable bonds is 5. The third-order valence-corrected chi connectivity index (χ3v) is 2.90. The summed E-state index contributed by atoms with van der Waals surface area (Å²) in [6.07, 6.45) is -4.42. The van der Waals surface area contributed by atoms with Crippen molar-refractivity contribution < 1.29 is 27.4 Å². The molecule has 0 aromatic heterocycles. The third kappa shape index (κ3) is 4.43. The number of halogens is 3. The highest BCUT2D eigenvalue weighted by atomic mass is 19.4. The number of methoxy groups -OCH3 is 1. The first kappa shape index (κ1) is 16.3. The van der Waals surface area contributed by atoms with Crippen molar-refractivity contribution in [3.63, 3.8) is 0 Å². The second-order valence-electron chi connectivity index (χ2n) is 4.71. The lowest BCUT2D eigenvalue weighted by Crippen LogP contribution is -2.27. The second-order valence-corrected chi connectivity index (χ2v) is 4.71. The summed E-state index contributed by atoms with van der Waals surface area (Å²) in [5, 5.41) is 0. The molecule has 0 spiro atoms. The minimum atomic E-state index is -4.42. The zero-order valence-corrected chi connectivity index (χ0v) is 11.5. The Balaban J connectivity index is 2.76. The van der Waals surface area contributed by atoms with Crippen LogP contribution in [0.5, 0.6) is 5.75 Å². The van der Waals surface area contributed by atoms with Crippen LogP contribution in [0.25, 0.3) is 0 Å². The molecule has 0 heterocycles. The number of hydrogen-bond acceptors (Lipinski definition) is 3. The van der Waals surface area contributed by atoms with Crippen molar-refractivity contribution in [2.45, 2.75) is 20.0 Å². The smallest absolute Gasteiger partial charge is 0.416 e. The van der Waals surface area contributed by atoms with Crippen LogP contribution in [0.3, 0.4) is 0 Å². The van der Waals surface area contributed by atoms with Gasteiger partial charge in [0.05, 0.1) is 18.6 Å². The quantitative estimate of drug-likeness (QED) is 0.778. The van der Waals surface area contributed by atoms with E-state index in [0.717, 1.165) is 12.1 Å². The van der Waals surface area contributed by atoms with Crippen LogP contribution in [-0.2, 0) is 15.7 Å². The molecule has 0 amide bonds. The number of hydrogen-bond donors (Lipinski definition) is 0. The summed E-state index contributed by atoms with van der Waals surface area (Å²) in [4.78, 5) is 11.5. The first-order valence-electron chi connectivity index (χ1n) is 6.13. The third-order valence-electron chi connectivity index (χ3n) is 2.90. The first-order valence-corrected chi connectivity index (χ1v) is 6.13. The summed E-state index contributed by atoms with van der Waals surface area (Å²) >= 11 is 0. The Morgan fingerprint density at radius 3 is 2.45 bits per heavy atom. The summed E-state index contributed by atoms with van der Waals surface area (Å²) in [6, 6.07) is 4.56. The van der Waals surface area contributed by atoms with Crippen LogP contribution in [0.1, 0.15) is 19.4 Å². The van der Waals surface area contributed by atoms with E-state index in [1.807, 2.05) is 13.8 Å². The average Bonchev–Trinajstić information content (AvgIpc) is 2.37. The fourth-order valence-corrected chi connectivity index (χ4v) is 1.63. The van der Waals surface area contributed by atoms with E-state index in [0.29, 0.717) is 0 Å². The van der Waals surface area contributed by atoms with Gasteiger partial charge in [0.15, 0.2) is 0 Å². The van der Waals surface area contributed by atoms with Crippen molar-refractivity contribution in [2.24, 2.45) is 11.8 Å². The summed E-state index contributed by atoms with van der Waals surface area (Å²) in [7, 11) is 1.27. The maximum absolute atomic E-state index is 12.5. The monoisotopic (exact) mass is 290 g/mol. The minimum absolute atomic E-state index is 0.0222. The second kappa shape index (κ2) is 6.63. The molecule has 1 aromatic rings.